The van der Waals surface area contributed by atoms with Gasteiger partial charge in [0.1, 0.15) is 0 Å². The molecule has 0 spiro atoms. The SMILES string of the molecule is COC(CCCC(=NO)c1ccccc1NS(=O)(=O)c1ccc(C)cc1)OC. The summed E-state index contributed by atoms with van der Waals surface area (Å²) < 4.78 is 38.3. The molecule has 0 aliphatic carbocycles. The quantitative estimate of drug-likeness (QED) is 0.271. The highest BCUT2D eigenvalue weighted by molar-refractivity contribution is 7.92. The molecule has 2 aromatic rings. The smallest absolute Gasteiger partial charge is 0.261 e. The fourth-order valence-electron chi connectivity index (χ4n) is 2.75. The van der Waals surface area contributed by atoms with Gasteiger partial charge in [0.25, 0.3) is 10.0 Å². The van der Waals surface area contributed by atoms with Crippen LogP contribution in [0.2, 0.25) is 0 Å². The topological polar surface area (TPSA) is 97.2 Å². The Morgan fingerprint density at radius 3 is 2.36 bits per heavy atom. The molecule has 0 bridgehead atoms. The molecule has 0 aliphatic rings. The van der Waals surface area contributed by atoms with Crippen molar-refractivity contribution in [3.63, 3.8) is 0 Å². The first-order valence-corrected chi connectivity index (χ1v) is 10.3. The monoisotopic (exact) mass is 406 g/mol. The van der Waals surface area contributed by atoms with Crippen molar-refractivity contribution in [1.29, 1.82) is 0 Å². The van der Waals surface area contributed by atoms with Gasteiger partial charge in [-0.3, -0.25) is 4.72 Å². The number of benzene rings is 2. The van der Waals surface area contributed by atoms with Gasteiger partial charge in [0.05, 0.1) is 16.3 Å². The molecule has 0 saturated heterocycles. The summed E-state index contributed by atoms with van der Waals surface area (Å²) in [6.07, 6.45) is 1.35. The highest BCUT2D eigenvalue weighted by atomic mass is 32.2. The van der Waals surface area contributed by atoms with Crippen LogP contribution in [0.15, 0.2) is 58.6 Å². The zero-order valence-electron chi connectivity index (χ0n) is 16.3. The van der Waals surface area contributed by atoms with Crippen molar-refractivity contribution >= 4 is 21.4 Å². The molecule has 0 aromatic heterocycles. The normalized spacial score (nSPS) is 12.4. The Balaban J connectivity index is 2.20. The van der Waals surface area contributed by atoms with Crippen LogP contribution < -0.4 is 4.72 Å². The molecular formula is C20H26N2O5S. The second-order valence-electron chi connectivity index (χ2n) is 6.30. The summed E-state index contributed by atoms with van der Waals surface area (Å²) in [7, 11) is -0.643. The van der Waals surface area contributed by atoms with Crippen LogP contribution in [-0.2, 0) is 19.5 Å². The second-order valence-corrected chi connectivity index (χ2v) is 7.99. The van der Waals surface area contributed by atoms with Gasteiger partial charge in [0.15, 0.2) is 6.29 Å². The van der Waals surface area contributed by atoms with Crippen molar-refractivity contribution in [3.8, 4) is 0 Å². The molecule has 0 atom stereocenters. The molecule has 2 N–H and O–H groups in total. The Kier molecular flexibility index (Phi) is 7.98. The second kappa shape index (κ2) is 10.2. The Morgan fingerprint density at radius 2 is 1.75 bits per heavy atom. The van der Waals surface area contributed by atoms with E-state index in [1.807, 2.05) is 6.92 Å². The lowest BCUT2D eigenvalue weighted by Gasteiger charge is -2.15. The number of methoxy groups -OCH3 is 2. The van der Waals surface area contributed by atoms with Crippen LogP contribution in [0.4, 0.5) is 5.69 Å². The van der Waals surface area contributed by atoms with Gasteiger partial charge < -0.3 is 14.7 Å². The predicted molar refractivity (Wildman–Crippen MR) is 108 cm³/mol. The fourth-order valence-corrected chi connectivity index (χ4v) is 3.83. The van der Waals surface area contributed by atoms with Crippen molar-refractivity contribution in [3.05, 3.63) is 59.7 Å². The first-order valence-electron chi connectivity index (χ1n) is 8.86. The average molecular weight is 407 g/mol. The first kappa shape index (κ1) is 21.9. The lowest BCUT2D eigenvalue weighted by Crippen LogP contribution is -2.16. The minimum absolute atomic E-state index is 0.165. The van der Waals surface area contributed by atoms with Gasteiger partial charge >= 0.3 is 0 Å². The Bertz CT molecular complexity index is 891. The van der Waals surface area contributed by atoms with Crippen molar-refractivity contribution in [1.82, 2.24) is 0 Å². The van der Waals surface area contributed by atoms with E-state index in [2.05, 4.69) is 9.88 Å². The molecule has 0 fully saturated rings. The lowest BCUT2D eigenvalue weighted by atomic mass is 10.0. The zero-order valence-corrected chi connectivity index (χ0v) is 17.1. The highest BCUT2D eigenvalue weighted by Gasteiger charge is 2.18. The largest absolute Gasteiger partial charge is 0.411 e. The predicted octanol–water partition coefficient (Wildman–Crippen LogP) is 3.76. The van der Waals surface area contributed by atoms with Crippen molar-refractivity contribution in [2.75, 3.05) is 18.9 Å². The van der Waals surface area contributed by atoms with Crippen LogP contribution in [0, 0.1) is 6.92 Å². The van der Waals surface area contributed by atoms with Crippen LogP contribution in [0.1, 0.15) is 30.4 Å². The molecule has 0 radical (unpaired) electrons. The van der Waals surface area contributed by atoms with E-state index in [1.54, 1.807) is 62.8 Å². The molecule has 28 heavy (non-hydrogen) atoms. The number of hydrogen-bond donors (Lipinski definition) is 2. The van der Waals surface area contributed by atoms with Crippen LogP contribution >= 0.6 is 0 Å². The number of oxime groups is 1. The van der Waals surface area contributed by atoms with E-state index in [0.29, 0.717) is 36.2 Å². The number of nitrogens with one attached hydrogen (secondary N) is 1. The van der Waals surface area contributed by atoms with Crippen LogP contribution in [0.25, 0.3) is 0 Å². The van der Waals surface area contributed by atoms with Crippen molar-refractivity contribution < 1.29 is 23.1 Å². The fraction of sp³-hybridized carbons (Fsp3) is 0.350. The number of hydrogen-bond acceptors (Lipinski definition) is 6. The van der Waals surface area contributed by atoms with Crippen LogP contribution in [0.5, 0.6) is 0 Å². The van der Waals surface area contributed by atoms with Crippen molar-refractivity contribution in [2.45, 2.75) is 37.4 Å². The maximum atomic E-state index is 12.7. The summed E-state index contributed by atoms with van der Waals surface area (Å²) in [6, 6.07) is 13.4. The third-order valence-electron chi connectivity index (χ3n) is 4.31. The Labute approximate surface area is 166 Å². The van der Waals surface area contributed by atoms with E-state index in [-0.39, 0.29) is 11.2 Å². The van der Waals surface area contributed by atoms with Gasteiger partial charge in [0.2, 0.25) is 0 Å². The van der Waals surface area contributed by atoms with Crippen LogP contribution in [-0.4, -0.2) is 39.8 Å². The summed E-state index contributed by atoms with van der Waals surface area (Å²) >= 11 is 0. The van der Waals surface area contributed by atoms with E-state index in [1.165, 1.54) is 0 Å². The lowest BCUT2D eigenvalue weighted by molar-refractivity contribution is -0.106. The zero-order chi connectivity index (χ0) is 20.6. The van der Waals surface area contributed by atoms with E-state index in [4.69, 9.17) is 9.47 Å². The standard InChI is InChI=1S/C20H26N2O5S/c1-15-11-13-16(14-12-15)28(24,25)22-19-8-5-4-7-17(19)18(21-23)9-6-10-20(26-2)27-3/h4-5,7-8,11-14,20,22-23H,6,9-10H2,1-3H3. The summed E-state index contributed by atoms with van der Waals surface area (Å²) in [5, 5.41) is 12.9. The Morgan fingerprint density at radius 1 is 1.11 bits per heavy atom. The number of ether oxygens (including phenoxy) is 2. The summed E-state index contributed by atoms with van der Waals surface area (Å²) in [4.78, 5) is 0.165. The van der Waals surface area contributed by atoms with Gasteiger partial charge in [-0.2, -0.15) is 0 Å². The first-order chi connectivity index (χ1) is 13.4. The van der Waals surface area contributed by atoms with Gasteiger partial charge in [-0.15, -0.1) is 0 Å². The number of nitrogens with zero attached hydrogens (tertiary/aromatic N) is 1. The summed E-state index contributed by atoms with van der Waals surface area (Å²) in [6.45, 7) is 1.89. The number of rotatable bonds is 10. The van der Waals surface area contributed by atoms with E-state index >= 15 is 0 Å². The van der Waals surface area contributed by atoms with Gasteiger partial charge in [-0.25, -0.2) is 8.42 Å². The van der Waals surface area contributed by atoms with E-state index in [0.717, 1.165) is 5.56 Å². The van der Waals surface area contributed by atoms with Gasteiger partial charge in [-0.05, 0) is 44.4 Å². The number of aryl methyl sites for hydroxylation is 1. The molecule has 0 aliphatic heterocycles. The Hall–Kier alpha value is -2.42. The minimum Gasteiger partial charge on any atom is -0.411 e. The third-order valence-corrected chi connectivity index (χ3v) is 5.69. The maximum Gasteiger partial charge on any atom is 0.261 e. The van der Waals surface area contributed by atoms with Gasteiger partial charge in [0, 0.05) is 19.8 Å². The van der Waals surface area contributed by atoms with E-state index in [9.17, 15) is 13.6 Å². The molecule has 8 heteroatoms. The highest BCUT2D eigenvalue weighted by Crippen LogP contribution is 2.23. The van der Waals surface area contributed by atoms with Gasteiger partial charge in [-0.1, -0.05) is 41.1 Å². The molecule has 0 heterocycles. The molecule has 2 rings (SSSR count). The molecular weight excluding hydrogens is 380 g/mol. The molecule has 2 aromatic carbocycles. The molecule has 0 amide bonds. The maximum absolute atomic E-state index is 12.7. The van der Waals surface area contributed by atoms with Crippen molar-refractivity contribution in [2.24, 2.45) is 5.16 Å². The molecule has 152 valence electrons. The summed E-state index contributed by atoms with van der Waals surface area (Å²) in [5.74, 6) is 0. The average Bonchev–Trinajstić information content (AvgIpc) is 2.69. The van der Waals surface area contributed by atoms with E-state index < -0.39 is 10.0 Å². The number of anilines is 1. The summed E-state index contributed by atoms with van der Waals surface area (Å²) in [5.41, 5.74) is 2.23. The molecule has 0 unspecified atom stereocenters. The number of para-hydroxylation sites is 1. The third kappa shape index (κ3) is 5.79. The minimum atomic E-state index is -3.76. The number of sulfonamides is 1. The molecule has 0 saturated carbocycles. The van der Waals surface area contributed by atoms with Crippen LogP contribution in [0.3, 0.4) is 0 Å². The molecule has 7 nitrogen and oxygen atoms in total.